The fourth-order valence-corrected chi connectivity index (χ4v) is 2.29. The second-order valence-electron chi connectivity index (χ2n) is 4.90. The number of aromatic nitrogens is 4. The van der Waals surface area contributed by atoms with E-state index < -0.39 is 16.7 Å². The molecule has 0 amide bonds. The molecule has 25 heavy (non-hydrogen) atoms. The third-order valence-corrected chi connectivity index (χ3v) is 3.52. The van der Waals surface area contributed by atoms with Crippen LogP contribution in [-0.2, 0) is 12.7 Å². The maximum absolute atomic E-state index is 12.9. The van der Waals surface area contributed by atoms with Crippen molar-refractivity contribution in [3.63, 3.8) is 0 Å². The normalized spacial score (nSPS) is 11.7. The van der Waals surface area contributed by atoms with Gasteiger partial charge in [0.25, 0.3) is 5.69 Å². The highest BCUT2D eigenvalue weighted by Gasteiger charge is 2.32. The number of nitrogens with zero attached hydrogens (tertiary/aromatic N) is 5. The molecule has 3 rings (SSSR count). The van der Waals surface area contributed by atoms with Gasteiger partial charge in [0.05, 0.1) is 22.1 Å². The SMILES string of the molecule is O=[N+]([O-])c1ccc(NCc2nnc3c(Cl)cc(C(F)(F)F)cn23)nc1. The van der Waals surface area contributed by atoms with Gasteiger partial charge in [-0.3, -0.25) is 14.5 Å². The number of nitro groups is 1. The van der Waals surface area contributed by atoms with Gasteiger partial charge in [-0.15, -0.1) is 10.2 Å². The van der Waals surface area contributed by atoms with E-state index in [0.29, 0.717) is 5.82 Å². The maximum atomic E-state index is 12.9. The van der Waals surface area contributed by atoms with Crippen LogP contribution in [0, 0.1) is 10.1 Å². The Morgan fingerprint density at radius 2 is 2.08 bits per heavy atom. The first-order valence-electron chi connectivity index (χ1n) is 6.70. The summed E-state index contributed by atoms with van der Waals surface area (Å²) in [7, 11) is 0. The van der Waals surface area contributed by atoms with E-state index in [-0.39, 0.29) is 28.7 Å². The van der Waals surface area contributed by atoms with E-state index in [1.54, 1.807) is 0 Å². The highest BCUT2D eigenvalue weighted by molar-refractivity contribution is 6.33. The molecule has 0 aliphatic rings. The van der Waals surface area contributed by atoms with Crippen LogP contribution in [0.4, 0.5) is 24.7 Å². The van der Waals surface area contributed by atoms with E-state index in [2.05, 4.69) is 20.5 Å². The molecule has 0 aliphatic carbocycles. The number of halogens is 4. The lowest BCUT2D eigenvalue weighted by Crippen LogP contribution is -2.09. The zero-order valence-corrected chi connectivity index (χ0v) is 12.9. The summed E-state index contributed by atoms with van der Waals surface area (Å²) in [6.45, 7) is -0.0103. The average Bonchev–Trinajstić information content (AvgIpc) is 2.96. The van der Waals surface area contributed by atoms with Crippen molar-refractivity contribution in [3.8, 4) is 0 Å². The molecule has 3 aromatic heterocycles. The molecule has 0 aromatic carbocycles. The molecule has 0 aliphatic heterocycles. The zero-order chi connectivity index (χ0) is 18.2. The number of rotatable bonds is 4. The minimum atomic E-state index is -4.56. The highest BCUT2D eigenvalue weighted by Crippen LogP contribution is 2.32. The summed E-state index contributed by atoms with van der Waals surface area (Å²) in [6, 6.07) is 3.39. The van der Waals surface area contributed by atoms with Crippen LogP contribution in [0.15, 0.2) is 30.6 Å². The van der Waals surface area contributed by atoms with Crippen molar-refractivity contribution in [2.24, 2.45) is 0 Å². The van der Waals surface area contributed by atoms with Crippen LogP contribution in [-0.4, -0.2) is 24.5 Å². The molecule has 8 nitrogen and oxygen atoms in total. The van der Waals surface area contributed by atoms with Gasteiger partial charge in [-0.25, -0.2) is 4.98 Å². The van der Waals surface area contributed by atoms with E-state index in [4.69, 9.17) is 11.6 Å². The maximum Gasteiger partial charge on any atom is 0.417 e. The van der Waals surface area contributed by atoms with Gasteiger partial charge >= 0.3 is 6.18 Å². The first-order valence-corrected chi connectivity index (χ1v) is 7.08. The third-order valence-electron chi connectivity index (χ3n) is 3.24. The van der Waals surface area contributed by atoms with Crippen molar-refractivity contribution in [1.82, 2.24) is 19.6 Å². The second-order valence-corrected chi connectivity index (χ2v) is 5.30. The molecule has 0 spiro atoms. The summed E-state index contributed by atoms with van der Waals surface area (Å²) in [5.41, 5.74) is -1.03. The molecule has 1 N–H and O–H groups in total. The summed E-state index contributed by atoms with van der Waals surface area (Å²) in [6.07, 6.45) is -2.66. The molecule has 0 unspecified atom stereocenters. The lowest BCUT2D eigenvalue weighted by molar-refractivity contribution is -0.385. The largest absolute Gasteiger partial charge is 0.417 e. The molecule has 0 radical (unpaired) electrons. The first kappa shape index (κ1) is 16.9. The molecular weight excluding hydrogens is 365 g/mol. The third kappa shape index (κ3) is 3.45. The smallest absolute Gasteiger partial charge is 0.363 e. The van der Waals surface area contributed by atoms with Crippen LogP contribution in [0.25, 0.3) is 5.65 Å². The molecule has 0 bridgehead atoms. The van der Waals surface area contributed by atoms with E-state index in [0.717, 1.165) is 22.9 Å². The Morgan fingerprint density at radius 3 is 2.68 bits per heavy atom. The van der Waals surface area contributed by atoms with Gasteiger partial charge in [0.2, 0.25) is 0 Å². The van der Waals surface area contributed by atoms with Crippen molar-refractivity contribution >= 4 is 28.8 Å². The standard InChI is InChI=1S/C13H8ClF3N6O2/c14-9-3-7(13(15,16)17)6-22-11(20-21-12(9)22)5-19-10-2-1-8(4-18-10)23(24)25/h1-4,6H,5H2,(H,18,19). The molecule has 0 atom stereocenters. The Labute approximate surface area is 142 Å². The summed E-state index contributed by atoms with van der Waals surface area (Å²) >= 11 is 5.83. The molecule has 0 saturated carbocycles. The molecule has 0 saturated heterocycles. The Hall–Kier alpha value is -2.95. The van der Waals surface area contributed by atoms with Crippen LogP contribution in [0.1, 0.15) is 11.4 Å². The van der Waals surface area contributed by atoms with Crippen LogP contribution in [0.3, 0.4) is 0 Å². The molecule has 0 fully saturated rings. The summed E-state index contributed by atoms with van der Waals surface area (Å²) in [5, 5.41) is 20.7. The van der Waals surface area contributed by atoms with Gasteiger partial charge in [-0.2, -0.15) is 13.2 Å². The molecule has 3 aromatic rings. The van der Waals surface area contributed by atoms with Gasteiger partial charge in [0, 0.05) is 12.3 Å². The number of anilines is 1. The fraction of sp³-hybridized carbons (Fsp3) is 0.154. The predicted octanol–water partition coefficient (Wildman–Crippen LogP) is 3.32. The fourth-order valence-electron chi connectivity index (χ4n) is 2.04. The van der Waals surface area contributed by atoms with Crippen molar-refractivity contribution in [2.75, 3.05) is 5.32 Å². The van der Waals surface area contributed by atoms with Gasteiger partial charge in [0.1, 0.15) is 12.0 Å². The van der Waals surface area contributed by atoms with Crippen LogP contribution in [0.5, 0.6) is 0 Å². The van der Waals surface area contributed by atoms with Crippen LogP contribution in [0.2, 0.25) is 5.02 Å². The quantitative estimate of drug-likeness (QED) is 0.557. The Bertz CT molecular complexity index is 941. The Morgan fingerprint density at radius 1 is 1.32 bits per heavy atom. The van der Waals surface area contributed by atoms with Gasteiger partial charge in [-0.1, -0.05) is 11.6 Å². The number of fused-ring (bicyclic) bond motifs is 1. The van der Waals surface area contributed by atoms with Gasteiger partial charge in [-0.05, 0) is 12.1 Å². The Kier molecular flexibility index (Phi) is 4.17. The minimum absolute atomic E-state index is 0.0103. The van der Waals surface area contributed by atoms with E-state index in [9.17, 15) is 23.3 Å². The van der Waals surface area contributed by atoms with Crippen molar-refractivity contribution in [1.29, 1.82) is 0 Å². The summed E-state index contributed by atoms with van der Waals surface area (Å²) in [5.74, 6) is 0.462. The van der Waals surface area contributed by atoms with E-state index in [1.165, 1.54) is 12.1 Å². The Balaban J connectivity index is 1.86. The topological polar surface area (TPSA) is 98.2 Å². The first-order chi connectivity index (χ1) is 11.8. The highest BCUT2D eigenvalue weighted by atomic mass is 35.5. The molecular formula is C13H8ClF3N6O2. The van der Waals surface area contributed by atoms with Gasteiger partial charge < -0.3 is 5.32 Å². The zero-order valence-electron chi connectivity index (χ0n) is 12.2. The van der Waals surface area contributed by atoms with Crippen molar-refractivity contribution in [2.45, 2.75) is 12.7 Å². The van der Waals surface area contributed by atoms with Crippen molar-refractivity contribution in [3.05, 3.63) is 57.1 Å². The molecule has 3 heterocycles. The summed E-state index contributed by atoms with van der Waals surface area (Å²) in [4.78, 5) is 13.8. The number of hydrogen-bond donors (Lipinski definition) is 1. The summed E-state index contributed by atoms with van der Waals surface area (Å²) < 4.78 is 39.8. The number of alkyl halides is 3. The van der Waals surface area contributed by atoms with Gasteiger partial charge in [0.15, 0.2) is 11.5 Å². The van der Waals surface area contributed by atoms with E-state index >= 15 is 0 Å². The van der Waals surface area contributed by atoms with E-state index in [1.807, 2.05) is 0 Å². The van der Waals surface area contributed by atoms with Crippen LogP contribution < -0.4 is 5.32 Å². The second kappa shape index (κ2) is 6.16. The lowest BCUT2D eigenvalue weighted by atomic mass is 10.3. The van der Waals surface area contributed by atoms with Crippen molar-refractivity contribution < 1.29 is 18.1 Å². The number of hydrogen-bond acceptors (Lipinski definition) is 6. The predicted molar refractivity (Wildman–Crippen MR) is 81.2 cm³/mol. The number of nitrogens with one attached hydrogen (secondary N) is 1. The van der Waals surface area contributed by atoms with Crippen LogP contribution >= 0.6 is 11.6 Å². The lowest BCUT2D eigenvalue weighted by Gasteiger charge is -2.09. The number of pyridine rings is 2. The monoisotopic (exact) mass is 372 g/mol. The molecule has 130 valence electrons. The average molecular weight is 373 g/mol. The molecule has 12 heteroatoms. The minimum Gasteiger partial charge on any atom is -0.363 e.